The van der Waals surface area contributed by atoms with Gasteiger partial charge in [0.1, 0.15) is 0 Å². The van der Waals surface area contributed by atoms with E-state index in [0.717, 1.165) is 12.8 Å². The van der Waals surface area contributed by atoms with Crippen LogP contribution >= 0.6 is 0 Å². The standard InChI is InChI=1S/C12H19NO3/c1-3-9(2)13-10(14)8-12(11(15)16)6-4-5-7-12/h3,9H,1,4-8H2,2H3,(H,13,14)(H,15,16). The molecule has 4 heteroatoms. The highest BCUT2D eigenvalue weighted by atomic mass is 16.4. The third-order valence-corrected chi connectivity index (χ3v) is 3.26. The molecule has 1 fully saturated rings. The summed E-state index contributed by atoms with van der Waals surface area (Å²) in [7, 11) is 0. The molecule has 0 aromatic carbocycles. The zero-order chi connectivity index (χ0) is 12.2. The molecule has 16 heavy (non-hydrogen) atoms. The van der Waals surface area contributed by atoms with E-state index in [1.54, 1.807) is 6.08 Å². The van der Waals surface area contributed by atoms with E-state index in [4.69, 9.17) is 0 Å². The number of carboxylic acids is 1. The minimum Gasteiger partial charge on any atom is -0.481 e. The minimum atomic E-state index is -0.841. The van der Waals surface area contributed by atoms with E-state index in [9.17, 15) is 14.7 Å². The van der Waals surface area contributed by atoms with Crippen LogP contribution in [0.2, 0.25) is 0 Å². The molecule has 0 heterocycles. The van der Waals surface area contributed by atoms with Crippen molar-refractivity contribution in [1.29, 1.82) is 0 Å². The lowest BCUT2D eigenvalue weighted by Gasteiger charge is -2.23. The molecule has 0 saturated heterocycles. The van der Waals surface area contributed by atoms with Crippen molar-refractivity contribution in [3.63, 3.8) is 0 Å². The van der Waals surface area contributed by atoms with Gasteiger partial charge in [-0.25, -0.2) is 0 Å². The molecule has 1 rings (SSSR count). The Kier molecular flexibility index (Phi) is 4.10. The number of rotatable bonds is 5. The van der Waals surface area contributed by atoms with E-state index in [-0.39, 0.29) is 18.4 Å². The fourth-order valence-electron chi connectivity index (χ4n) is 2.19. The smallest absolute Gasteiger partial charge is 0.310 e. The van der Waals surface area contributed by atoms with E-state index in [1.807, 2.05) is 6.92 Å². The fraction of sp³-hybridized carbons (Fsp3) is 0.667. The summed E-state index contributed by atoms with van der Waals surface area (Å²) in [6.07, 6.45) is 4.73. The summed E-state index contributed by atoms with van der Waals surface area (Å²) in [6.45, 7) is 5.38. The summed E-state index contributed by atoms with van der Waals surface area (Å²) in [5, 5.41) is 11.9. The molecule has 0 radical (unpaired) electrons. The van der Waals surface area contributed by atoms with E-state index in [0.29, 0.717) is 12.8 Å². The molecule has 90 valence electrons. The van der Waals surface area contributed by atoms with Crippen molar-refractivity contribution in [3.8, 4) is 0 Å². The maximum atomic E-state index is 11.7. The SMILES string of the molecule is C=CC(C)NC(=O)CC1(C(=O)O)CCCC1. The number of hydrogen-bond acceptors (Lipinski definition) is 2. The second-order valence-corrected chi connectivity index (χ2v) is 4.56. The highest BCUT2D eigenvalue weighted by molar-refractivity contribution is 5.85. The first-order valence-corrected chi connectivity index (χ1v) is 5.65. The van der Waals surface area contributed by atoms with Crippen LogP contribution in [0.1, 0.15) is 39.0 Å². The molecule has 0 aromatic rings. The third-order valence-electron chi connectivity index (χ3n) is 3.26. The summed E-state index contributed by atoms with van der Waals surface area (Å²) < 4.78 is 0. The first kappa shape index (κ1) is 12.7. The van der Waals surface area contributed by atoms with Crippen molar-refractivity contribution in [3.05, 3.63) is 12.7 Å². The summed E-state index contributed by atoms with van der Waals surface area (Å²) in [5.41, 5.74) is -0.828. The minimum absolute atomic E-state index is 0.0838. The average Bonchev–Trinajstić information content (AvgIpc) is 2.67. The Morgan fingerprint density at radius 2 is 2.06 bits per heavy atom. The third kappa shape index (κ3) is 2.84. The predicted molar refractivity (Wildman–Crippen MR) is 61.0 cm³/mol. The molecule has 2 N–H and O–H groups in total. The van der Waals surface area contributed by atoms with Gasteiger partial charge in [0.2, 0.25) is 5.91 Å². The summed E-state index contributed by atoms with van der Waals surface area (Å²) >= 11 is 0. The molecule has 0 bridgehead atoms. The van der Waals surface area contributed by atoms with Gasteiger partial charge in [-0.05, 0) is 19.8 Å². The maximum absolute atomic E-state index is 11.7. The molecule has 1 amide bonds. The topological polar surface area (TPSA) is 66.4 Å². The van der Waals surface area contributed by atoms with Gasteiger partial charge in [0.25, 0.3) is 0 Å². The normalized spacial score (nSPS) is 20.1. The largest absolute Gasteiger partial charge is 0.481 e. The molecular formula is C12H19NO3. The van der Waals surface area contributed by atoms with Gasteiger partial charge in [0, 0.05) is 12.5 Å². The number of amides is 1. The van der Waals surface area contributed by atoms with Gasteiger partial charge < -0.3 is 10.4 Å². The van der Waals surface area contributed by atoms with Gasteiger partial charge in [-0.1, -0.05) is 18.9 Å². The predicted octanol–water partition coefficient (Wildman–Crippen LogP) is 1.71. The van der Waals surface area contributed by atoms with Crippen LogP contribution in [0.3, 0.4) is 0 Å². The molecule has 1 aliphatic rings. The summed E-state index contributed by atoms with van der Waals surface area (Å²) in [6, 6.07) is -0.111. The van der Waals surface area contributed by atoms with Crippen molar-refractivity contribution >= 4 is 11.9 Å². The highest BCUT2D eigenvalue weighted by Gasteiger charge is 2.42. The van der Waals surface area contributed by atoms with Gasteiger partial charge in [0.05, 0.1) is 5.41 Å². The lowest BCUT2D eigenvalue weighted by Crippen LogP contribution is -2.38. The fourth-order valence-corrected chi connectivity index (χ4v) is 2.19. The number of carbonyl (C=O) groups is 2. The van der Waals surface area contributed by atoms with E-state index in [1.165, 1.54) is 0 Å². The van der Waals surface area contributed by atoms with Crippen molar-refractivity contribution in [1.82, 2.24) is 5.32 Å². The first-order chi connectivity index (χ1) is 7.50. The average molecular weight is 225 g/mol. The maximum Gasteiger partial charge on any atom is 0.310 e. The van der Waals surface area contributed by atoms with Crippen LogP contribution < -0.4 is 5.32 Å². The van der Waals surface area contributed by atoms with Crippen molar-refractivity contribution in [2.45, 2.75) is 45.1 Å². The lowest BCUT2D eigenvalue weighted by molar-refractivity contribution is -0.151. The molecule has 1 aliphatic carbocycles. The second-order valence-electron chi connectivity index (χ2n) is 4.56. The Hall–Kier alpha value is -1.32. The zero-order valence-electron chi connectivity index (χ0n) is 9.66. The summed E-state index contributed by atoms with van der Waals surface area (Å²) in [4.78, 5) is 22.9. The van der Waals surface area contributed by atoms with Gasteiger partial charge in [0.15, 0.2) is 0 Å². The van der Waals surface area contributed by atoms with Crippen molar-refractivity contribution in [2.75, 3.05) is 0 Å². The molecule has 1 unspecified atom stereocenters. The number of carboxylic acid groups (broad SMARTS) is 1. The Morgan fingerprint density at radius 3 is 2.50 bits per heavy atom. The van der Waals surface area contributed by atoms with Crippen LogP contribution in [0, 0.1) is 5.41 Å². The Bertz CT molecular complexity index is 293. The number of hydrogen-bond donors (Lipinski definition) is 2. The molecule has 0 aliphatic heterocycles. The van der Waals surface area contributed by atoms with Crippen LogP contribution in [-0.4, -0.2) is 23.0 Å². The summed E-state index contributed by atoms with van der Waals surface area (Å²) in [5.74, 6) is -1.04. The number of aliphatic carboxylic acids is 1. The van der Waals surface area contributed by atoms with Crippen LogP contribution in [0.25, 0.3) is 0 Å². The van der Waals surface area contributed by atoms with Gasteiger partial charge in [-0.3, -0.25) is 9.59 Å². The highest BCUT2D eigenvalue weighted by Crippen LogP contribution is 2.41. The first-order valence-electron chi connectivity index (χ1n) is 5.65. The van der Waals surface area contributed by atoms with Crippen LogP contribution in [-0.2, 0) is 9.59 Å². The van der Waals surface area contributed by atoms with Gasteiger partial charge >= 0.3 is 5.97 Å². The molecule has 1 atom stereocenters. The molecular weight excluding hydrogens is 206 g/mol. The van der Waals surface area contributed by atoms with Gasteiger partial charge in [-0.15, -0.1) is 6.58 Å². The van der Waals surface area contributed by atoms with Crippen molar-refractivity contribution < 1.29 is 14.7 Å². The monoisotopic (exact) mass is 225 g/mol. The molecule has 0 spiro atoms. The Labute approximate surface area is 95.7 Å². The quantitative estimate of drug-likeness (QED) is 0.700. The molecule has 4 nitrogen and oxygen atoms in total. The Morgan fingerprint density at radius 1 is 1.50 bits per heavy atom. The Balaban J connectivity index is 2.59. The van der Waals surface area contributed by atoms with E-state index >= 15 is 0 Å². The molecule has 0 aromatic heterocycles. The van der Waals surface area contributed by atoms with Crippen LogP contribution in [0.4, 0.5) is 0 Å². The van der Waals surface area contributed by atoms with E-state index < -0.39 is 11.4 Å². The number of carbonyl (C=O) groups excluding carboxylic acids is 1. The van der Waals surface area contributed by atoms with Crippen LogP contribution in [0.5, 0.6) is 0 Å². The second kappa shape index (κ2) is 5.14. The van der Waals surface area contributed by atoms with Gasteiger partial charge in [-0.2, -0.15) is 0 Å². The lowest BCUT2D eigenvalue weighted by atomic mass is 9.82. The van der Waals surface area contributed by atoms with Crippen LogP contribution in [0.15, 0.2) is 12.7 Å². The number of nitrogens with one attached hydrogen (secondary N) is 1. The zero-order valence-corrected chi connectivity index (χ0v) is 9.66. The van der Waals surface area contributed by atoms with Crippen molar-refractivity contribution in [2.24, 2.45) is 5.41 Å². The molecule has 1 saturated carbocycles. The van der Waals surface area contributed by atoms with E-state index in [2.05, 4.69) is 11.9 Å².